The van der Waals surface area contributed by atoms with Gasteiger partial charge in [0.2, 0.25) is 0 Å². The fourth-order valence-electron chi connectivity index (χ4n) is 3.28. The van der Waals surface area contributed by atoms with E-state index in [1.54, 1.807) is 0 Å². The van der Waals surface area contributed by atoms with Gasteiger partial charge in [-0.3, -0.25) is 0 Å². The standard InChI is InChI=1S/C29H30.Lr/c1-28(2,22-20-24-12-8-5-6-9-13-24)26-16-18-27(19-17-26)29(3,4)23-21-25-14-10-7-11-15-25;/h5,7-23H,1-4H3;/b22-20+,23-21+;. The van der Waals surface area contributed by atoms with Crippen LogP contribution in [-0.4, -0.2) is 0 Å². The molecule has 0 bridgehead atoms. The van der Waals surface area contributed by atoms with E-state index in [1.165, 1.54) is 22.3 Å². The van der Waals surface area contributed by atoms with Crippen molar-refractivity contribution in [1.82, 2.24) is 0 Å². The molecule has 0 spiro atoms. The Morgan fingerprint density at radius 1 is 0.700 bits per heavy atom. The van der Waals surface area contributed by atoms with Gasteiger partial charge in [-0.1, -0.05) is 119 Å². The summed E-state index contributed by atoms with van der Waals surface area (Å²) in [7, 11) is 0. The molecule has 1 radical (unpaired) electrons. The van der Waals surface area contributed by atoms with Crippen molar-refractivity contribution in [3.05, 3.63) is 131 Å². The van der Waals surface area contributed by atoms with Crippen LogP contribution in [0.15, 0.2) is 115 Å². The van der Waals surface area contributed by atoms with E-state index in [4.69, 9.17) is 0 Å². The van der Waals surface area contributed by atoms with Gasteiger partial charge >= 0.3 is 0 Å². The third-order valence-electron chi connectivity index (χ3n) is 5.41. The summed E-state index contributed by atoms with van der Waals surface area (Å²) in [6.45, 7) is 9.04. The molecule has 0 aliphatic heterocycles. The SMILES string of the molecule is CC(C)(/C=C/C1=CC=C=CC=C1)c1ccc(C(C)(C)/C=C/c2ccccc2)cc1.[Lr]. The van der Waals surface area contributed by atoms with Crippen molar-refractivity contribution in [2.24, 2.45) is 0 Å². The molecule has 1 aliphatic carbocycles. The van der Waals surface area contributed by atoms with E-state index < -0.39 is 0 Å². The Hall–Kier alpha value is -4.08. The van der Waals surface area contributed by atoms with E-state index in [2.05, 4.69) is 118 Å². The van der Waals surface area contributed by atoms with Crippen LogP contribution < -0.4 is 0 Å². The smallest absolute Gasteiger partial charge is 0.00786 e. The van der Waals surface area contributed by atoms with E-state index in [1.807, 2.05) is 24.3 Å². The number of hydrogen-bond donors (Lipinski definition) is 0. The second-order valence-corrected chi connectivity index (χ2v) is 8.62. The molecule has 0 fully saturated rings. The van der Waals surface area contributed by atoms with Gasteiger partial charge in [0.05, 0.1) is 0 Å². The van der Waals surface area contributed by atoms with Crippen LogP contribution in [-0.2, 0) is 10.8 Å². The minimum atomic E-state index is -0.0410. The molecule has 0 amide bonds. The molecule has 1 heteroatoms. The van der Waals surface area contributed by atoms with Crippen molar-refractivity contribution in [3.8, 4) is 0 Å². The Morgan fingerprint density at radius 3 is 1.87 bits per heavy atom. The molecule has 0 atom stereocenters. The molecular weight excluding hydrogens is 610 g/mol. The van der Waals surface area contributed by atoms with Gasteiger partial charge in [0.15, 0.2) is 0 Å². The van der Waals surface area contributed by atoms with Crippen LogP contribution in [0.3, 0.4) is 0 Å². The third kappa shape index (κ3) is 5.71. The minimum Gasteiger partial charge on any atom is -0.121 e. The van der Waals surface area contributed by atoms with Crippen molar-refractivity contribution in [2.45, 2.75) is 38.5 Å². The predicted octanol–water partition coefficient (Wildman–Crippen LogP) is 7.72. The molecular formula is C29H30Lr. The fraction of sp³-hybridized carbons (Fsp3) is 0.207. The average molecular weight is 641 g/mol. The zero-order valence-corrected chi connectivity index (χ0v) is 20.3. The van der Waals surface area contributed by atoms with Gasteiger partial charge in [-0.05, 0) is 40.5 Å². The van der Waals surface area contributed by atoms with Crippen molar-refractivity contribution in [2.75, 3.05) is 0 Å². The number of hydrogen-bond acceptors (Lipinski definition) is 0. The molecule has 0 saturated carbocycles. The Morgan fingerprint density at radius 2 is 1.27 bits per heavy atom. The first-order chi connectivity index (χ1) is 13.9. The molecule has 0 unspecified atom stereocenters. The van der Waals surface area contributed by atoms with Gasteiger partial charge in [0.1, 0.15) is 0 Å². The Kier molecular flexibility index (Phi) is 6.97. The van der Waals surface area contributed by atoms with E-state index in [9.17, 15) is 0 Å². The predicted molar refractivity (Wildman–Crippen MR) is 127 cm³/mol. The van der Waals surface area contributed by atoms with Crippen molar-refractivity contribution >= 4 is 6.08 Å². The molecule has 1 aliphatic rings. The van der Waals surface area contributed by atoms with Crippen LogP contribution in [0.25, 0.3) is 6.08 Å². The summed E-state index contributed by atoms with van der Waals surface area (Å²) >= 11 is 0. The maximum atomic E-state index is 3.09. The van der Waals surface area contributed by atoms with Crippen LogP contribution in [0.5, 0.6) is 0 Å². The van der Waals surface area contributed by atoms with Crippen LogP contribution >= 0.6 is 0 Å². The summed E-state index contributed by atoms with van der Waals surface area (Å²) in [5.41, 5.74) is 8.08. The average Bonchev–Trinajstić information content (AvgIpc) is 3.01. The van der Waals surface area contributed by atoms with Crippen LogP contribution in [0.4, 0.5) is 0 Å². The van der Waals surface area contributed by atoms with Crippen molar-refractivity contribution in [1.29, 1.82) is 0 Å². The second kappa shape index (κ2) is 9.41. The van der Waals surface area contributed by atoms with Gasteiger partial charge < -0.3 is 0 Å². The number of benzene rings is 2. The summed E-state index contributed by atoms with van der Waals surface area (Å²) in [6, 6.07) is 19.5. The van der Waals surface area contributed by atoms with Crippen LogP contribution in [0.2, 0.25) is 0 Å². The van der Waals surface area contributed by atoms with Gasteiger partial charge in [0, 0.05) is 10.8 Å². The van der Waals surface area contributed by atoms with Gasteiger partial charge in [-0.15, -0.1) is 5.73 Å². The number of rotatable bonds is 6. The zero-order chi connectivity index (χ0) is 20.7. The normalized spacial score (nSPS) is 14.1. The first kappa shape index (κ1) is 22.2. The van der Waals surface area contributed by atoms with Gasteiger partial charge in [-0.25, -0.2) is 0 Å². The fourth-order valence-corrected chi connectivity index (χ4v) is 3.28. The molecule has 0 N–H and O–H groups in total. The first-order valence-electron chi connectivity index (χ1n) is 10.2. The Bertz CT molecular complexity index is 1000. The summed E-state index contributed by atoms with van der Waals surface area (Å²) in [5.74, 6) is 0. The quantitative estimate of drug-likeness (QED) is 0.284. The van der Waals surface area contributed by atoms with E-state index in [0.717, 1.165) is 0 Å². The maximum Gasteiger partial charge on any atom is 0.00786 e. The largest absolute Gasteiger partial charge is 0.121 e. The number of allylic oxidation sites excluding steroid dienone is 8. The summed E-state index contributed by atoms with van der Waals surface area (Å²) < 4.78 is 0. The van der Waals surface area contributed by atoms with Gasteiger partial charge in [0.25, 0.3) is 0 Å². The van der Waals surface area contributed by atoms with Crippen LogP contribution in [0, 0.1) is 0 Å². The maximum absolute atomic E-state index is 3.09. The molecule has 30 heavy (non-hydrogen) atoms. The first-order valence-corrected chi connectivity index (χ1v) is 10.2. The van der Waals surface area contributed by atoms with Crippen LogP contribution in [0.1, 0.15) is 44.4 Å². The Balaban J connectivity index is 0.00000320. The molecule has 2 aromatic carbocycles. The Labute approximate surface area is 176 Å². The van der Waals surface area contributed by atoms with E-state index in [0.29, 0.717) is 0 Å². The monoisotopic (exact) mass is 640 g/mol. The molecule has 0 saturated heterocycles. The molecule has 0 aromatic heterocycles. The molecule has 3 rings (SSSR count). The third-order valence-corrected chi connectivity index (χ3v) is 5.41. The van der Waals surface area contributed by atoms with E-state index in [-0.39, 0.29) is 10.8 Å². The molecule has 0 nitrogen and oxygen atoms in total. The summed E-state index contributed by atoms with van der Waals surface area (Å²) in [5, 5.41) is 0. The molecule has 0 heterocycles. The summed E-state index contributed by atoms with van der Waals surface area (Å²) in [6.07, 6.45) is 19.0. The second-order valence-electron chi connectivity index (χ2n) is 8.62. The van der Waals surface area contributed by atoms with E-state index >= 15 is 0 Å². The topological polar surface area (TPSA) is 0 Å². The zero-order valence-electron chi connectivity index (χ0n) is 18.2. The molecule has 161 valence electrons. The molecule has 2 aromatic rings. The van der Waals surface area contributed by atoms with Crippen molar-refractivity contribution in [3.63, 3.8) is 0 Å². The van der Waals surface area contributed by atoms with Crippen molar-refractivity contribution < 1.29 is 0 Å². The summed E-state index contributed by atoms with van der Waals surface area (Å²) in [4.78, 5) is 0. The minimum absolute atomic E-state index is 0. The van der Waals surface area contributed by atoms with Gasteiger partial charge in [-0.2, -0.15) is 0 Å².